The van der Waals surface area contributed by atoms with Crippen LogP contribution in [0, 0.1) is 5.41 Å². The highest BCUT2D eigenvalue weighted by Crippen LogP contribution is 2.69. The Morgan fingerprint density at radius 1 is 1.14 bits per heavy atom. The van der Waals surface area contributed by atoms with Crippen LogP contribution in [-0.2, 0) is 19.0 Å². The standard InChI is InChI=1S/C17H24O5/c1-12(9-13(18)19)5-6-17-14(2,3)10-16(20-7-8-21-16)11-15(17,4)22-17/h5-6,9H,7-8,10-11H2,1-4H3,(H,18,19)/b6-5+,12-9+. The Morgan fingerprint density at radius 2 is 1.77 bits per heavy atom. The molecule has 22 heavy (non-hydrogen) atoms. The van der Waals surface area contributed by atoms with Crippen LogP contribution in [0.1, 0.15) is 40.5 Å². The lowest BCUT2D eigenvalue weighted by Gasteiger charge is -2.45. The van der Waals surface area contributed by atoms with Gasteiger partial charge in [-0.2, -0.15) is 0 Å². The molecule has 2 heterocycles. The molecule has 122 valence electrons. The van der Waals surface area contributed by atoms with Crippen LogP contribution in [0.5, 0.6) is 0 Å². The highest BCUT2D eigenvalue weighted by Gasteiger charge is 2.78. The van der Waals surface area contributed by atoms with Crippen molar-refractivity contribution < 1.29 is 24.1 Å². The summed E-state index contributed by atoms with van der Waals surface area (Å²) in [5.41, 5.74) is -0.193. The Bertz CT molecular complexity index is 555. The van der Waals surface area contributed by atoms with E-state index in [2.05, 4.69) is 20.8 Å². The van der Waals surface area contributed by atoms with Crippen molar-refractivity contribution in [2.24, 2.45) is 5.41 Å². The number of hydrogen-bond acceptors (Lipinski definition) is 4. The first-order chi connectivity index (χ1) is 10.1. The van der Waals surface area contributed by atoms with Gasteiger partial charge in [-0.15, -0.1) is 0 Å². The number of hydrogen-bond donors (Lipinski definition) is 1. The molecule has 0 aromatic carbocycles. The molecule has 2 aliphatic heterocycles. The summed E-state index contributed by atoms with van der Waals surface area (Å²) in [5.74, 6) is -1.47. The van der Waals surface area contributed by atoms with Crippen LogP contribution < -0.4 is 0 Å². The van der Waals surface area contributed by atoms with Crippen molar-refractivity contribution in [2.45, 2.75) is 57.5 Å². The van der Waals surface area contributed by atoms with Gasteiger partial charge in [-0.1, -0.05) is 19.9 Å². The maximum atomic E-state index is 10.7. The summed E-state index contributed by atoms with van der Waals surface area (Å²) in [6.07, 6.45) is 6.53. The molecule has 1 spiro atoms. The second-order valence-electron chi connectivity index (χ2n) is 7.47. The molecule has 3 fully saturated rings. The first kappa shape index (κ1) is 15.7. The summed E-state index contributed by atoms with van der Waals surface area (Å²) in [5, 5.41) is 8.81. The Labute approximate surface area is 130 Å². The average Bonchev–Trinajstić information content (AvgIpc) is 2.73. The first-order valence-electron chi connectivity index (χ1n) is 7.72. The van der Waals surface area contributed by atoms with E-state index in [1.165, 1.54) is 6.08 Å². The van der Waals surface area contributed by atoms with E-state index < -0.39 is 17.4 Å². The van der Waals surface area contributed by atoms with Gasteiger partial charge < -0.3 is 19.3 Å². The molecule has 0 amide bonds. The molecule has 1 saturated carbocycles. The highest BCUT2D eigenvalue weighted by atomic mass is 16.7. The minimum Gasteiger partial charge on any atom is -0.478 e. The first-order valence-corrected chi connectivity index (χ1v) is 7.72. The zero-order valence-electron chi connectivity index (χ0n) is 13.6. The predicted molar refractivity (Wildman–Crippen MR) is 80.4 cm³/mol. The molecule has 3 rings (SSSR count). The summed E-state index contributed by atoms with van der Waals surface area (Å²) in [6, 6.07) is 0. The van der Waals surface area contributed by atoms with Crippen molar-refractivity contribution in [3.8, 4) is 0 Å². The normalized spacial score (nSPS) is 39.2. The van der Waals surface area contributed by atoms with Gasteiger partial charge in [0.1, 0.15) is 11.2 Å². The molecule has 0 aromatic rings. The van der Waals surface area contributed by atoms with Gasteiger partial charge in [0.15, 0.2) is 5.79 Å². The summed E-state index contributed by atoms with van der Waals surface area (Å²) in [4.78, 5) is 10.7. The molecule has 1 aliphatic carbocycles. The van der Waals surface area contributed by atoms with Crippen molar-refractivity contribution >= 4 is 5.97 Å². The van der Waals surface area contributed by atoms with E-state index >= 15 is 0 Å². The van der Waals surface area contributed by atoms with Crippen molar-refractivity contribution in [3.63, 3.8) is 0 Å². The van der Waals surface area contributed by atoms with Gasteiger partial charge in [-0.3, -0.25) is 0 Å². The van der Waals surface area contributed by atoms with Gasteiger partial charge in [0.25, 0.3) is 0 Å². The van der Waals surface area contributed by atoms with Crippen LogP contribution in [0.2, 0.25) is 0 Å². The Hall–Kier alpha value is -1.17. The third-order valence-electron chi connectivity index (χ3n) is 5.20. The van der Waals surface area contributed by atoms with Crippen molar-refractivity contribution in [2.75, 3.05) is 13.2 Å². The minimum atomic E-state index is -0.936. The molecule has 3 aliphatic rings. The lowest BCUT2D eigenvalue weighted by molar-refractivity contribution is -0.201. The molecule has 5 nitrogen and oxygen atoms in total. The highest BCUT2D eigenvalue weighted by molar-refractivity contribution is 5.81. The van der Waals surface area contributed by atoms with E-state index in [1.54, 1.807) is 6.92 Å². The Kier molecular flexibility index (Phi) is 3.33. The second kappa shape index (κ2) is 4.66. The fourth-order valence-corrected chi connectivity index (χ4v) is 4.36. The Morgan fingerprint density at radius 3 is 2.32 bits per heavy atom. The van der Waals surface area contributed by atoms with Gasteiger partial charge in [0.05, 0.1) is 13.2 Å². The van der Waals surface area contributed by atoms with E-state index in [9.17, 15) is 4.79 Å². The SMILES string of the molecule is CC(/C=C/C12OC1(C)CC1(CC2(C)C)OCCO1)=C\C(=O)O. The number of carbonyl (C=O) groups is 1. The number of fused-ring (bicyclic) bond motifs is 1. The zero-order chi connectivity index (χ0) is 16.2. The van der Waals surface area contributed by atoms with Crippen LogP contribution >= 0.6 is 0 Å². The van der Waals surface area contributed by atoms with E-state index in [0.717, 1.165) is 6.42 Å². The van der Waals surface area contributed by atoms with Gasteiger partial charge in [-0.25, -0.2) is 4.79 Å². The van der Waals surface area contributed by atoms with Gasteiger partial charge in [0, 0.05) is 24.3 Å². The average molecular weight is 308 g/mol. The summed E-state index contributed by atoms with van der Waals surface area (Å²) in [7, 11) is 0. The van der Waals surface area contributed by atoms with Crippen LogP contribution in [0.15, 0.2) is 23.8 Å². The van der Waals surface area contributed by atoms with Crippen molar-refractivity contribution in [1.29, 1.82) is 0 Å². The fraction of sp³-hybridized carbons (Fsp3) is 0.706. The largest absolute Gasteiger partial charge is 0.478 e. The lowest BCUT2D eigenvalue weighted by atomic mass is 9.61. The molecule has 0 radical (unpaired) electrons. The zero-order valence-corrected chi connectivity index (χ0v) is 13.6. The molecule has 0 bridgehead atoms. The lowest BCUT2D eigenvalue weighted by Crippen LogP contribution is -2.52. The summed E-state index contributed by atoms with van der Waals surface area (Å²) >= 11 is 0. The summed E-state index contributed by atoms with van der Waals surface area (Å²) < 4.78 is 18.0. The van der Waals surface area contributed by atoms with Gasteiger partial charge in [0.2, 0.25) is 0 Å². The van der Waals surface area contributed by atoms with Gasteiger partial charge in [-0.05, 0) is 25.5 Å². The number of ether oxygens (including phenoxy) is 3. The second-order valence-corrected chi connectivity index (χ2v) is 7.47. The van der Waals surface area contributed by atoms with Crippen molar-refractivity contribution in [3.05, 3.63) is 23.8 Å². The molecule has 2 atom stereocenters. The number of allylic oxidation sites excluding steroid dienone is 2. The number of rotatable bonds is 3. The number of epoxide rings is 1. The monoisotopic (exact) mass is 308 g/mol. The van der Waals surface area contributed by atoms with E-state index in [-0.39, 0.29) is 11.0 Å². The van der Waals surface area contributed by atoms with Crippen molar-refractivity contribution in [1.82, 2.24) is 0 Å². The van der Waals surface area contributed by atoms with Crippen LogP contribution in [-0.4, -0.2) is 41.3 Å². The molecular weight excluding hydrogens is 284 g/mol. The van der Waals surface area contributed by atoms with Crippen LogP contribution in [0.25, 0.3) is 0 Å². The third kappa shape index (κ3) is 2.23. The van der Waals surface area contributed by atoms with E-state index in [1.807, 2.05) is 12.2 Å². The molecular formula is C17H24O5. The predicted octanol–water partition coefficient (Wildman–Crippen LogP) is 2.66. The quantitative estimate of drug-likeness (QED) is 0.493. The number of carboxylic acids is 1. The van der Waals surface area contributed by atoms with Crippen LogP contribution in [0.4, 0.5) is 0 Å². The summed E-state index contributed by atoms with van der Waals surface area (Å²) in [6.45, 7) is 9.45. The van der Waals surface area contributed by atoms with Gasteiger partial charge >= 0.3 is 5.97 Å². The molecule has 5 heteroatoms. The maximum Gasteiger partial charge on any atom is 0.328 e. The minimum absolute atomic E-state index is 0.162. The number of carboxylic acid groups (broad SMARTS) is 1. The van der Waals surface area contributed by atoms with Crippen LogP contribution in [0.3, 0.4) is 0 Å². The van der Waals surface area contributed by atoms with E-state index in [0.29, 0.717) is 25.2 Å². The molecule has 0 aromatic heterocycles. The number of aliphatic carboxylic acids is 1. The third-order valence-corrected chi connectivity index (χ3v) is 5.20. The smallest absolute Gasteiger partial charge is 0.328 e. The molecule has 1 N–H and O–H groups in total. The molecule has 2 saturated heterocycles. The fourth-order valence-electron chi connectivity index (χ4n) is 4.36. The maximum absolute atomic E-state index is 10.7. The topological polar surface area (TPSA) is 68.3 Å². The molecule has 2 unspecified atom stereocenters. The van der Waals surface area contributed by atoms with E-state index in [4.69, 9.17) is 19.3 Å². The Balaban J connectivity index is 1.86.